The highest BCUT2D eigenvalue weighted by molar-refractivity contribution is 5.94. The van der Waals surface area contributed by atoms with E-state index in [0.717, 1.165) is 16.9 Å². The number of aromatic nitrogens is 2. The molecule has 0 unspecified atom stereocenters. The lowest BCUT2D eigenvalue weighted by molar-refractivity contribution is -0.114. The molecule has 1 aromatic carbocycles. The Labute approximate surface area is 156 Å². The van der Waals surface area contributed by atoms with Gasteiger partial charge in [0, 0.05) is 43.4 Å². The number of carbonyl (C=O) groups is 2. The molecule has 0 bridgehead atoms. The Hall–Kier alpha value is -3.74. The first kappa shape index (κ1) is 18.1. The minimum absolute atomic E-state index is 0.120. The number of anilines is 3. The zero-order valence-corrected chi connectivity index (χ0v) is 14.8. The molecule has 3 aromatic rings. The van der Waals surface area contributed by atoms with E-state index >= 15 is 0 Å². The van der Waals surface area contributed by atoms with E-state index < -0.39 is 0 Å². The molecule has 2 aromatic heterocycles. The van der Waals surface area contributed by atoms with Crippen molar-refractivity contribution in [3.63, 3.8) is 0 Å². The van der Waals surface area contributed by atoms with Gasteiger partial charge >= 0.3 is 0 Å². The Kier molecular flexibility index (Phi) is 5.73. The van der Waals surface area contributed by atoms with Gasteiger partial charge in [0.15, 0.2) is 0 Å². The molecule has 0 radical (unpaired) electrons. The van der Waals surface area contributed by atoms with Crippen molar-refractivity contribution in [3.8, 4) is 0 Å². The summed E-state index contributed by atoms with van der Waals surface area (Å²) in [5.74, 6) is -0.325. The molecule has 3 N–H and O–H groups in total. The van der Waals surface area contributed by atoms with E-state index in [9.17, 15) is 9.59 Å². The van der Waals surface area contributed by atoms with Crippen molar-refractivity contribution < 1.29 is 9.59 Å². The van der Waals surface area contributed by atoms with E-state index in [1.807, 2.05) is 24.3 Å². The summed E-state index contributed by atoms with van der Waals surface area (Å²) in [6.45, 7) is 1.88. The number of nitrogens with zero attached hydrogens (tertiary/aromatic N) is 2. The van der Waals surface area contributed by atoms with Crippen molar-refractivity contribution in [2.75, 3.05) is 10.6 Å². The lowest BCUT2D eigenvalue weighted by atomic mass is 10.2. The Bertz CT molecular complexity index is 927. The van der Waals surface area contributed by atoms with E-state index in [0.29, 0.717) is 17.8 Å². The number of pyridine rings is 2. The van der Waals surface area contributed by atoms with Crippen LogP contribution in [0.2, 0.25) is 0 Å². The molecule has 0 saturated carbocycles. The maximum absolute atomic E-state index is 12.3. The smallest absolute Gasteiger partial charge is 0.253 e. The molecule has 0 saturated heterocycles. The number of carbonyl (C=O) groups excluding carboxylic acids is 2. The van der Waals surface area contributed by atoms with Crippen molar-refractivity contribution in [2.45, 2.75) is 13.5 Å². The van der Waals surface area contributed by atoms with Gasteiger partial charge in [-0.1, -0.05) is 0 Å². The normalized spacial score (nSPS) is 10.1. The molecule has 0 fully saturated rings. The maximum atomic E-state index is 12.3. The second-order valence-corrected chi connectivity index (χ2v) is 5.88. The Morgan fingerprint density at radius 2 is 1.59 bits per heavy atom. The molecule has 136 valence electrons. The predicted molar refractivity (Wildman–Crippen MR) is 104 cm³/mol. The fourth-order valence-electron chi connectivity index (χ4n) is 2.42. The molecule has 2 heterocycles. The molecule has 0 aliphatic carbocycles. The lowest BCUT2D eigenvalue weighted by Crippen LogP contribution is -2.23. The standard InChI is InChI=1S/C20H19N5O2/c1-14(26)24-17-2-4-18(5-3-17)25-19-10-16(12-22-13-19)20(27)23-11-15-6-8-21-9-7-15/h2-10,12-13,25H,11H2,1H3,(H,23,27)(H,24,26). The average molecular weight is 361 g/mol. The third kappa shape index (κ3) is 5.37. The minimum atomic E-state index is -0.205. The van der Waals surface area contributed by atoms with Crippen LogP contribution in [0.25, 0.3) is 0 Å². The number of hydrogen-bond acceptors (Lipinski definition) is 5. The summed E-state index contributed by atoms with van der Waals surface area (Å²) in [6, 6.07) is 12.7. The highest BCUT2D eigenvalue weighted by Gasteiger charge is 2.07. The Morgan fingerprint density at radius 1 is 0.889 bits per heavy atom. The molecule has 0 aliphatic heterocycles. The Balaban J connectivity index is 1.62. The summed E-state index contributed by atoms with van der Waals surface area (Å²) in [5.41, 5.74) is 3.67. The van der Waals surface area contributed by atoms with Gasteiger partial charge in [0.25, 0.3) is 5.91 Å². The third-order valence-electron chi connectivity index (χ3n) is 3.70. The zero-order valence-electron chi connectivity index (χ0n) is 14.8. The van der Waals surface area contributed by atoms with Crippen molar-refractivity contribution in [1.82, 2.24) is 15.3 Å². The van der Waals surface area contributed by atoms with Crippen LogP contribution in [0.4, 0.5) is 17.1 Å². The molecule has 7 heteroatoms. The fourth-order valence-corrected chi connectivity index (χ4v) is 2.42. The number of nitrogens with one attached hydrogen (secondary N) is 3. The first-order valence-corrected chi connectivity index (χ1v) is 8.37. The largest absolute Gasteiger partial charge is 0.354 e. The molecule has 3 rings (SSSR count). The van der Waals surface area contributed by atoms with Gasteiger partial charge < -0.3 is 16.0 Å². The van der Waals surface area contributed by atoms with Crippen LogP contribution < -0.4 is 16.0 Å². The SMILES string of the molecule is CC(=O)Nc1ccc(Nc2cncc(C(=O)NCc3ccncc3)c2)cc1. The second-order valence-electron chi connectivity index (χ2n) is 5.88. The van der Waals surface area contributed by atoms with Gasteiger partial charge in [0.1, 0.15) is 0 Å². The van der Waals surface area contributed by atoms with Crippen LogP contribution >= 0.6 is 0 Å². The molecule has 2 amide bonds. The van der Waals surface area contributed by atoms with Crippen LogP contribution in [0.15, 0.2) is 67.3 Å². The highest BCUT2D eigenvalue weighted by Crippen LogP contribution is 2.19. The monoisotopic (exact) mass is 361 g/mol. The molecule has 0 spiro atoms. The highest BCUT2D eigenvalue weighted by atomic mass is 16.2. The van der Waals surface area contributed by atoms with Crippen molar-refractivity contribution >= 4 is 28.9 Å². The summed E-state index contributed by atoms with van der Waals surface area (Å²) >= 11 is 0. The van der Waals surface area contributed by atoms with Crippen molar-refractivity contribution in [2.24, 2.45) is 0 Å². The van der Waals surface area contributed by atoms with Crippen LogP contribution in [0, 0.1) is 0 Å². The topological polar surface area (TPSA) is 96.0 Å². The van der Waals surface area contributed by atoms with E-state index in [1.165, 1.54) is 13.1 Å². The van der Waals surface area contributed by atoms with Crippen molar-refractivity contribution in [3.05, 3.63) is 78.4 Å². The van der Waals surface area contributed by atoms with E-state index in [2.05, 4.69) is 25.9 Å². The number of benzene rings is 1. The molecular weight excluding hydrogens is 342 g/mol. The fraction of sp³-hybridized carbons (Fsp3) is 0.100. The van der Waals surface area contributed by atoms with Crippen LogP contribution in [-0.4, -0.2) is 21.8 Å². The summed E-state index contributed by atoms with van der Waals surface area (Å²) in [4.78, 5) is 31.5. The van der Waals surface area contributed by atoms with Crippen LogP contribution in [0.5, 0.6) is 0 Å². The van der Waals surface area contributed by atoms with Gasteiger partial charge in [-0.3, -0.25) is 19.6 Å². The molecule has 27 heavy (non-hydrogen) atoms. The molecule has 0 aliphatic rings. The van der Waals surface area contributed by atoms with E-state index in [4.69, 9.17) is 0 Å². The molecule has 0 atom stereocenters. The summed E-state index contributed by atoms with van der Waals surface area (Å²) in [5, 5.41) is 8.76. The Morgan fingerprint density at radius 3 is 2.30 bits per heavy atom. The molecule has 7 nitrogen and oxygen atoms in total. The summed E-state index contributed by atoms with van der Waals surface area (Å²) in [7, 11) is 0. The minimum Gasteiger partial charge on any atom is -0.354 e. The van der Waals surface area contributed by atoms with Gasteiger partial charge in [-0.05, 0) is 48.0 Å². The second kappa shape index (κ2) is 8.57. The summed E-state index contributed by atoms with van der Waals surface area (Å²) < 4.78 is 0. The first-order valence-electron chi connectivity index (χ1n) is 8.37. The van der Waals surface area contributed by atoms with Gasteiger partial charge in [0.2, 0.25) is 5.91 Å². The molecular formula is C20H19N5O2. The van der Waals surface area contributed by atoms with Gasteiger partial charge in [-0.15, -0.1) is 0 Å². The number of rotatable bonds is 6. The van der Waals surface area contributed by atoms with Gasteiger partial charge in [-0.2, -0.15) is 0 Å². The van der Waals surface area contributed by atoms with Crippen LogP contribution in [0.3, 0.4) is 0 Å². The van der Waals surface area contributed by atoms with Crippen LogP contribution in [0.1, 0.15) is 22.8 Å². The number of hydrogen-bond donors (Lipinski definition) is 3. The first-order chi connectivity index (χ1) is 13.1. The predicted octanol–water partition coefficient (Wildman–Crippen LogP) is 3.11. The number of amides is 2. The van der Waals surface area contributed by atoms with Gasteiger partial charge in [0.05, 0.1) is 17.4 Å². The van der Waals surface area contributed by atoms with Gasteiger partial charge in [-0.25, -0.2) is 0 Å². The third-order valence-corrected chi connectivity index (χ3v) is 3.70. The van der Waals surface area contributed by atoms with E-state index in [-0.39, 0.29) is 11.8 Å². The van der Waals surface area contributed by atoms with Crippen LogP contribution in [-0.2, 0) is 11.3 Å². The summed E-state index contributed by atoms with van der Waals surface area (Å²) in [6.07, 6.45) is 6.53. The quantitative estimate of drug-likeness (QED) is 0.627. The lowest BCUT2D eigenvalue weighted by Gasteiger charge is -2.09. The average Bonchev–Trinajstić information content (AvgIpc) is 2.68. The maximum Gasteiger partial charge on any atom is 0.253 e. The van der Waals surface area contributed by atoms with E-state index in [1.54, 1.807) is 36.8 Å². The van der Waals surface area contributed by atoms with Crippen molar-refractivity contribution in [1.29, 1.82) is 0 Å². The zero-order chi connectivity index (χ0) is 19.1.